The van der Waals surface area contributed by atoms with Gasteiger partial charge in [-0.05, 0) is 53.4 Å². The lowest BCUT2D eigenvalue weighted by molar-refractivity contribution is -0.139. The molecule has 0 radical (unpaired) electrons. The summed E-state index contributed by atoms with van der Waals surface area (Å²) in [6, 6.07) is 15.6. The van der Waals surface area contributed by atoms with Crippen molar-refractivity contribution in [3.63, 3.8) is 0 Å². The highest BCUT2D eigenvalue weighted by Crippen LogP contribution is 2.44. The van der Waals surface area contributed by atoms with Crippen LogP contribution in [0.3, 0.4) is 0 Å². The van der Waals surface area contributed by atoms with Gasteiger partial charge in [0, 0.05) is 12.5 Å². The van der Waals surface area contributed by atoms with Gasteiger partial charge in [-0.3, -0.25) is 9.59 Å². The number of aliphatic carboxylic acids is 1. The summed E-state index contributed by atoms with van der Waals surface area (Å²) >= 11 is 0. The number of carbonyl (C=O) groups excluding carboxylic acids is 2. The predicted molar refractivity (Wildman–Crippen MR) is 117 cm³/mol. The minimum absolute atomic E-state index is 0.0224. The minimum Gasteiger partial charge on any atom is -0.481 e. The van der Waals surface area contributed by atoms with Gasteiger partial charge in [-0.1, -0.05) is 48.5 Å². The number of carboxylic acid groups (broad SMARTS) is 1. The second-order valence-corrected chi connectivity index (χ2v) is 8.97. The average Bonchev–Trinajstić information content (AvgIpc) is 3.71. The summed E-state index contributed by atoms with van der Waals surface area (Å²) in [5.74, 6) is -1.42. The first-order valence-corrected chi connectivity index (χ1v) is 11.1. The van der Waals surface area contributed by atoms with Crippen molar-refractivity contribution >= 4 is 18.0 Å². The van der Waals surface area contributed by atoms with Crippen LogP contribution in [0.25, 0.3) is 11.1 Å². The molecule has 32 heavy (non-hydrogen) atoms. The average molecular weight is 434 g/mol. The van der Waals surface area contributed by atoms with Gasteiger partial charge in [0.25, 0.3) is 0 Å². The van der Waals surface area contributed by atoms with Gasteiger partial charge < -0.3 is 20.5 Å². The Morgan fingerprint density at radius 3 is 2.19 bits per heavy atom. The van der Waals surface area contributed by atoms with Crippen molar-refractivity contribution in [3.8, 4) is 11.1 Å². The van der Waals surface area contributed by atoms with E-state index in [9.17, 15) is 14.4 Å². The molecule has 0 aliphatic heterocycles. The molecule has 0 heterocycles. The van der Waals surface area contributed by atoms with E-state index in [2.05, 4.69) is 34.9 Å². The largest absolute Gasteiger partial charge is 0.481 e. The van der Waals surface area contributed by atoms with Gasteiger partial charge in [-0.15, -0.1) is 0 Å². The molecule has 0 saturated heterocycles. The van der Waals surface area contributed by atoms with E-state index in [-0.39, 0.29) is 36.2 Å². The summed E-state index contributed by atoms with van der Waals surface area (Å²) in [4.78, 5) is 36.2. The lowest BCUT2D eigenvalue weighted by Gasteiger charge is -2.19. The van der Waals surface area contributed by atoms with Gasteiger partial charge in [0.05, 0.1) is 5.92 Å². The van der Waals surface area contributed by atoms with Crippen LogP contribution in [0.5, 0.6) is 0 Å². The zero-order valence-corrected chi connectivity index (χ0v) is 17.6. The molecule has 2 aromatic rings. The van der Waals surface area contributed by atoms with Crippen molar-refractivity contribution in [1.82, 2.24) is 10.6 Å². The van der Waals surface area contributed by atoms with E-state index in [4.69, 9.17) is 9.84 Å². The van der Waals surface area contributed by atoms with Crippen molar-refractivity contribution in [2.45, 2.75) is 31.2 Å². The number of ether oxygens (including phenoxy) is 1. The molecule has 2 aromatic carbocycles. The number of hydrogen-bond donors (Lipinski definition) is 3. The van der Waals surface area contributed by atoms with Crippen LogP contribution in [-0.4, -0.2) is 42.3 Å². The molecule has 2 fully saturated rings. The Morgan fingerprint density at radius 1 is 1.00 bits per heavy atom. The van der Waals surface area contributed by atoms with Crippen LogP contribution in [-0.2, 0) is 14.3 Å². The van der Waals surface area contributed by atoms with Crippen LogP contribution >= 0.6 is 0 Å². The second-order valence-electron chi connectivity index (χ2n) is 8.97. The van der Waals surface area contributed by atoms with Crippen molar-refractivity contribution in [1.29, 1.82) is 0 Å². The highest BCUT2D eigenvalue weighted by atomic mass is 16.5. The van der Waals surface area contributed by atoms with E-state index < -0.39 is 18.1 Å². The molecule has 0 spiro atoms. The summed E-state index contributed by atoms with van der Waals surface area (Å²) in [6.07, 6.45) is 1.74. The smallest absolute Gasteiger partial charge is 0.407 e. The predicted octanol–water partition coefficient (Wildman–Crippen LogP) is 3.14. The Kier molecular flexibility index (Phi) is 5.33. The summed E-state index contributed by atoms with van der Waals surface area (Å²) in [7, 11) is 0. The van der Waals surface area contributed by atoms with Gasteiger partial charge in [-0.25, -0.2) is 4.79 Å². The molecule has 3 N–H and O–H groups in total. The summed E-state index contributed by atoms with van der Waals surface area (Å²) in [5, 5.41) is 14.5. The standard InChI is InChI=1S/C25H26N2O5/c28-23(26-12-15-11-20(15)24(29)30)22(14-9-10-14)27-25(31)32-13-21-18-7-3-1-5-16(18)17-6-2-4-8-19(17)21/h1-8,14-15,20-22H,9-13H2,(H,26,28)(H,27,31)(H,29,30)/t15-,20-,22?/m1/s1. The monoisotopic (exact) mass is 434 g/mol. The number of amides is 2. The summed E-state index contributed by atoms with van der Waals surface area (Å²) in [5.41, 5.74) is 4.59. The van der Waals surface area contributed by atoms with Gasteiger partial charge in [0.2, 0.25) is 5.91 Å². The normalized spacial score (nSPS) is 21.8. The van der Waals surface area contributed by atoms with Crippen LogP contribution in [0, 0.1) is 17.8 Å². The van der Waals surface area contributed by atoms with Crippen molar-refractivity contribution in [2.75, 3.05) is 13.2 Å². The first-order chi connectivity index (χ1) is 15.5. The summed E-state index contributed by atoms with van der Waals surface area (Å²) in [6.45, 7) is 0.520. The third-order valence-electron chi connectivity index (χ3n) is 6.77. The van der Waals surface area contributed by atoms with Crippen LogP contribution in [0.1, 0.15) is 36.3 Å². The minimum atomic E-state index is -0.820. The molecule has 166 valence electrons. The number of carboxylic acids is 1. The van der Waals surface area contributed by atoms with Gasteiger partial charge in [0.15, 0.2) is 0 Å². The zero-order chi connectivity index (χ0) is 22.2. The van der Waals surface area contributed by atoms with Gasteiger partial charge in [-0.2, -0.15) is 0 Å². The maximum absolute atomic E-state index is 12.6. The van der Waals surface area contributed by atoms with Crippen LogP contribution in [0.15, 0.2) is 48.5 Å². The Bertz CT molecular complexity index is 1020. The highest BCUT2D eigenvalue weighted by molar-refractivity contribution is 5.86. The number of carbonyl (C=O) groups is 3. The van der Waals surface area contributed by atoms with Crippen LogP contribution in [0.2, 0.25) is 0 Å². The maximum atomic E-state index is 12.6. The molecule has 7 nitrogen and oxygen atoms in total. The zero-order valence-electron chi connectivity index (χ0n) is 17.6. The van der Waals surface area contributed by atoms with E-state index in [0.29, 0.717) is 13.0 Å². The number of alkyl carbamates (subject to hydrolysis) is 1. The van der Waals surface area contributed by atoms with Crippen molar-refractivity contribution in [3.05, 3.63) is 59.7 Å². The van der Waals surface area contributed by atoms with Crippen LogP contribution in [0.4, 0.5) is 4.79 Å². The fraction of sp³-hybridized carbons (Fsp3) is 0.400. The molecule has 1 unspecified atom stereocenters. The van der Waals surface area contributed by atoms with E-state index >= 15 is 0 Å². The fourth-order valence-electron chi connectivity index (χ4n) is 4.71. The first kappa shape index (κ1) is 20.5. The number of nitrogens with one attached hydrogen (secondary N) is 2. The lowest BCUT2D eigenvalue weighted by Crippen LogP contribution is -2.49. The number of benzene rings is 2. The van der Waals surface area contributed by atoms with E-state index in [0.717, 1.165) is 35.1 Å². The Labute approximate surface area is 186 Å². The first-order valence-electron chi connectivity index (χ1n) is 11.1. The molecule has 5 rings (SSSR count). The maximum Gasteiger partial charge on any atom is 0.407 e. The van der Waals surface area contributed by atoms with Crippen LogP contribution < -0.4 is 10.6 Å². The molecule has 7 heteroatoms. The summed E-state index contributed by atoms with van der Waals surface area (Å²) < 4.78 is 5.58. The number of hydrogen-bond acceptors (Lipinski definition) is 4. The van der Waals surface area contributed by atoms with Crippen molar-refractivity contribution < 1.29 is 24.2 Å². The molecule has 3 aliphatic carbocycles. The molecule has 3 aliphatic rings. The lowest BCUT2D eigenvalue weighted by atomic mass is 9.98. The number of rotatable bonds is 8. The molecule has 2 amide bonds. The van der Waals surface area contributed by atoms with Crippen molar-refractivity contribution in [2.24, 2.45) is 17.8 Å². The third kappa shape index (κ3) is 4.07. The van der Waals surface area contributed by atoms with Gasteiger partial charge >= 0.3 is 12.1 Å². The van der Waals surface area contributed by atoms with E-state index in [1.165, 1.54) is 0 Å². The topological polar surface area (TPSA) is 105 Å². The van der Waals surface area contributed by atoms with E-state index in [1.54, 1.807) is 0 Å². The Balaban J connectivity index is 1.18. The SMILES string of the molecule is O=C(NC(C(=O)NC[C@H]1C[C@H]1C(=O)O)C1CC1)OCC1c2ccccc2-c2ccccc21. The second kappa shape index (κ2) is 8.30. The number of fused-ring (bicyclic) bond motifs is 3. The van der Waals surface area contributed by atoms with Gasteiger partial charge in [0.1, 0.15) is 12.6 Å². The Hall–Kier alpha value is -3.35. The highest BCUT2D eigenvalue weighted by Gasteiger charge is 2.44. The fourth-order valence-corrected chi connectivity index (χ4v) is 4.71. The molecule has 2 saturated carbocycles. The molecular formula is C25H26N2O5. The molecule has 0 aromatic heterocycles. The third-order valence-corrected chi connectivity index (χ3v) is 6.77. The molecule has 3 atom stereocenters. The Morgan fingerprint density at radius 2 is 1.62 bits per heavy atom. The molecule has 0 bridgehead atoms. The quantitative estimate of drug-likeness (QED) is 0.592. The molecular weight excluding hydrogens is 408 g/mol. The van der Waals surface area contributed by atoms with E-state index in [1.807, 2.05) is 24.3 Å².